The summed E-state index contributed by atoms with van der Waals surface area (Å²) < 4.78 is 5.32. The number of carboxylic acid groups (broad SMARTS) is 2. The molecule has 0 saturated carbocycles. The fourth-order valence-electron chi connectivity index (χ4n) is 3.28. The van der Waals surface area contributed by atoms with Crippen LogP contribution in [0.5, 0.6) is 0 Å². The number of ether oxygens (including phenoxy) is 1. The van der Waals surface area contributed by atoms with Crippen molar-refractivity contribution in [1.29, 1.82) is 0 Å². The number of nitrogens with zero attached hydrogens (tertiary/aromatic N) is 1. The Morgan fingerprint density at radius 1 is 1.32 bits per heavy atom. The standard InChI is InChI=1S/C18H26N4O8S/c1-3-11(23)20-7-9-8-31-17-18(30-2,16(29)22(17)13(9)15(27)28)21-12(24)6-4-5-10(19)14(25)26/h10,17H,3-8,19H2,1-2H3,(H,20,23)(H,21,24)(H,25,26)(H,27,28)/t10?,17-,18-/m0/s1. The maximum absolute atomic E-state index is 12.9. The van der Waals surface area contributed by atoms with Gasteiger partial charge in [0.25, 0.3) is 11.6 Å². The van der Waals surface area contributed by atoms with Crippen LogP contribution in [-0.2, 0) is 28.7 Å². The number of hydrogen-bond acceptors (Lipinski definition) is 8. The quantitative estimate of drug-likeness (QED) is 0.186. The smallest absolute Gasteiger partial charge is 0.352 e. The highest BCUT2D eigenvalue weighted by atomic mass is 32.2. The number of aliphatic carboxylic acids is 2. The number of fused-ring (bicyclic) bond motifs is 1. The molecule has 2 aliphatic rings. The molecule has 13 heteroatoms. The molecule has 0 aliphatic carbocycles. The zero-order chi connectivity index (χ0) is 23.3. The van der Waals surface area contributed by atoms with Gasteiger partial charge in [-0.3, -0.25) is 24.1 Å². The van der Waals surface area contributed by atoms with Gasteiger partial charge in [0.05, 0.1) is 0 Å². The molecule has 3 atom stereocenters. The Hall–Kier alpha value is -2.64. The van der Waals surface area contributed by atoms with Crippen molar-refractivity contribution in [2.24, 2.45) is 5.73 Å². The third kappa shape index (κ3) is 4.99. The molecule has 1 unspecified atom stereocenters. The van der Waals surface area contributed by atoms with E-state index < -0.39 is 40.9 Å². The molecule has 3 amide bonds. The normalized spacial score (nSPS) is 23.5. The number of nitrogens with one attached hydrogen (secondary N) is 2. The molecule has 1 fully saturated rings. The summed E-state index contributed by atoms with van der Waals surface area (Å²) in [6, 6.07) is -1.09. The molecule has 31 heavy (non-hydrogen) atoms. The van der Waals surface area contributed by atoms with E-state index in [4.69, 9.17) is 15.6 Å². The SMILES string of the molecule is CCC(=O)NCC1=C(C(=O)O)N2C(=O)[C@](NC(=O)CCCC(N)C(=O)O)(OC)[C@@H]2SC1. The van der Waals surface area contributed by atoms with Crippen LogP contribution in [-0.4, -0.2) is 81.3 Å². The first-order valence-corrected chi connectivity index (χ1v) is 10.7. The van der Waals surface area contributed by atoms with Crippen LogP contribution >= 0.6 is 11.8 Å². The number of carbonyl (C=O) groups excluding carboxylic acids is 3. The summed E-state index contributed by atoms with van der Waals surface area (Å²) in [6.07, 6.45) is 0.438. The Balaban J connectivity index is 2.11. The molecule has 1 saturated heterocycles. The Bertz CT molecular complexity index is 816. The molecule has 0 aromatic carbocycles. The van der Waals surface area contributed by atoms with Gasteiger partial charge in [-0.2, -0.15) is 0 Å². The van der Waals surface area contributed by atoms with Gasteiger partial charge in [-0.25, -0.2) is 4.79 Å². The minimum Gasteiger partial charge on any atom is -0.480 e. The average Bonchev–Trinajstić information content (AvgIpc) is 2.74. The van der Waals surface area contributed by atoms with Crippen LogP contribution in [0.2, 0.25) is 0 Å². The molecule has 2 rings (SSSR count). The summed E-state index contributed by atoms with van der Waals surface area (Å²) in [6.45, 7) is 1.66. The monoisotopic (exact) mass is 458 g/mol. The first kappa shape index (κ1) is 24.6. The molecule has 172 valence electrons. The fourth-order valence-corrected chi connectivity index (χ4v) is 4.72. The Morgan fingerprint density at radius 2 is 2.00 bits per heavy atom. The van der Waals surface area contributed by atoms with Crippen LogP contribution in [0.1, 0.15) is 32.6 Å². The van der Waals surface area contributed by atoms with Crippen molar-refractivity contribution in [1.82, 2.24) is 15.5 Å². The van der Waals surface area contributed by atoms with Crippen molar-refractivity contribution in [3.63, 3.8) is 0 Å². The van der Waals surface area contributed by atoms with E-state index in [0.717, 1.165) is 4.90 Å². The highest BCUT2D eigenvalue weighted by molar-refractivity contribution is 8.00. The molecule has 6 N–H and O–H groups in total. The molecular weight excluding hydrogens is 432 g/mol. The van der Waals surface area contributed by atoms with Crippen LogP contribution in [0, 0.1) is 0 Å². The first-order chi connectivity index (χ1) is 14.6. The average molecular weight is 458 g/mol. The summed E-state index contributed by atoms with van der Waals surface area (Å²) in [4.78, 5) is 60.4. The van der Waals surface area contributed by atoms with Gasteiger partial charge in [-0.05, 0) is 18.4 Å². The second-order valence-corrected chi connectivity index (χ2v) is 8.12. The molecule has 2 heterocycles. The van der Waals surface area contributed by atoms with Gasteiger partial charge in [0.15, 0.2) is 0 Å². The van der Waals surface area contributed by atoms with Gasteiger partial charge in [0, 0.05) is 32.2 Å². The summed E-state index contributed by atoms with van der Waals surface area (Å²) in [5.74, 6) is -3.81. The minimum absolute atomic E-state index is 0.00597. The maximum Gasteiger partial charge on any atom is 0.352 e. The lowest BCUT2D eigenvalue weighted by Gasteiger charge is -2.55. The summed E-state index contributed by atoms with van der Waals surface area (Å²) in [5.41, 5.74) is 3.82. The zero-order valence-electron chi connectivity index (χ0n) is 17.2. The number of rotatable bonds is 11. The predicted molar refractivity (Wildman–Crippen MR) is 108 cm³/mol. The zero-order valence-corrected chi connectivity index (χ0v) is 18.0. The van der Waals surface area contributed by atoms with E-state index in [1.807, 2.05) is 0 Å². The van der Waals surface area contributed by atoms with E-state index in [9.17, 15) is 29.1 Å². The summed E-state index contributed by atoms with van der Waals surface area (Å²) >= 11 is 1.21. The molecule has 0 spiro atoms. The molecule has 12 nitrogen and oxygen atoms in total. The number of nitrogens with two attached hydrogens (primary N) is 1. The van der Waals surface area contributed by atoms with Gasteiger partial charge in [0.1, 0.15) is 17.1 Å². The molecule has 0 radical (unpaired) electrons. The number of carbonyl (C=O) groups is 5. The van der Waals surface area contributed by atoms with Gasteiger partial charge in [0.2, 0.25) is 11.8 Å². The second-order valence-electron chi connectivity index (χ2n) is 7.05. The maximum atomic E-state index is 12.9. The lowest BCUT2D eigenvalue weighted by Crippen LogP contribution is -2.80. The number of amides is 3. The number of hydrogen-bond donors (Lipinski definition) is 5. The van der Waals surface area contributed by atoms with E-state index in [1.54, 1.807) is 6.92 Å². The topological polar surface area (TPSA) is 188 Å². The largest absolute Gasteiger partial charge is 0.480 e. The molecular formula is C18H26N4O8S. The van der Waals surface area contributed by atoms with Crippen molar-refractivity contribution in [2.75, 3.05) is 19.4 Å². The number of β-lactam (4-membered cyclic amide) rings is 1. The van der Waals surface area contributed by atoms with Crippen LogP contribution in [0.3, 0.4) is 0 Å². The van der Waals surface area contributed by atoms with Crippen molar-refractivity contribution in [3.05, 3.63) is 11.3 Å². The van der Waals surface area contributed by atoms with Gasteiger partial charge in [-0.15, -0.1) is 11.8 Å². The molecule has 2 aliphatic heterocycles. The van der Waals surface area contributed by atoms with Crippen molar-refractivity contribution < 1.29 is 38.9 Å². The van der Waals surface area contributed by atoms with Crippen molar-refractivity contribution >= 4 is 41.4 Å². The van der Waals surface area contributed by atoms with Crippen molar-refractivity contribution in [3.8, 4) is 0 Å². The minimum atomic E-state index is -1.73. The molecule has 0 bridgehead atoms. The van der Waals surface area contributed by atoms with Crippen LogP contribution in [0.25, 0.3) is 0 Å². The highest BCUT2D eigenvalue weighted by Gasteiger charge is 2.66. The Labute approximate surface area is 182 Å². The Morgan fingerprint density at radius 3 is 2.55 bits per heavy atom. The van der Waals surface area contributed by atoms with Crippen molar-refractivity contribution in [2.45, 2.75) is 49.7 Å². The number of methoxy groups -OCH3 is 1. The second kappa shape index (κ2) is 10.1. The third-order valence-electron chi connectivity index (χ3n) is 5.02. The lowest BCUT2D eigenvalue weighted by atomic mass is 9.97. The molecule has 0 aromatic rings. The fraction of sp³-hybridized carbons (Fsp3) is 0.611. The van der Waals surface area contributed by atoms with E-state index in [0.29, 0.717) is 5.57 Å². The van der Waals surface area contributed by atoms with Crippen LogP contribution in [0.15, 0.2) is 11.3 Å². The van der Waals surface area contributed by atoms with Gasteiger partial charge in [-0.1, -0.05) is 6.92 Å². The van der Waals surface area contributed by atoms with E-state index >= 15 is 0 Å². The highest BCUT2D eigenvalue weighted by Crippen LogP contribution is 2.46. The van der Waals surface area contributed by atoms with Gasteiger partial charge >= 0.3 is 11.9 Å². The van der Waals surface area contributed by atoms with Crippen LogP contribution in [0.4, 0.5) is 0 Å². The van der Waals surface area contributed by atoms with Crippen LogP contribution < -0.4 is 16.4 Å². The first-order valence-electron chi connectivity index (χ1n) is 9.60. The lowest BCUT2D eigenvalue weighted by molar-refractivity contribution is -0.192. The van der Waals surface area contributed by atoms with Gasteiger partial charge < -0.3 is 31.3 Å². The Kier molecular flexibility index (Phi) is 8.03. The predicted octanol–water partition coefficient (Wildman–Crippen LogP) is -1.19. The van der Waals surface area contributed by atoms with E-state index in [2.05, 4.69) is 10.6 Å². The summed E-state index contributed by atoms with van der Waals surface area (Å²) in [7, 11) is 1.23. The third-order valence-corrected chi connectivity index (χ3v) is 6.39. The summed E-state index contributed by atoms with van der Waals surface area (Å²) in [5, 5.41) is 22.8. The number of thioether (sulfide) groups is 1. The molecule has 0 aromatic heterocycles. The van der Waals surface area contributed by atoms with E-state index in [-0.39, 0.29) is 49.6 Å². The number of carboxylic acids is 2. The van der Waals surface area contributed by atoms with E-state index in [1.165, 1.54) is 18.9 Å².